The largest absolute Gasteiger partial charge is 0.394 e. The maximum absolute atomic E-state index is 14.0. The molecule has 0 saturated heterocycles. The van der Waals surface area contributed by atoms with Gasteiger partial charge in [-0.1, -0.05) is 19.9 Å². The van der Waals surface area contributed by atoms with Crippen LogP contribution in [0.2, 0.25) is 0 Å². The number of rotatable bonds is 7. The summed E-state index contributed by atoms with van der Waals surface area (Å²) in [6, 6.07) is 4.81. The molecular formula is C15H22FN5O. The molecule has 0 aliphatic rings. The van der Waals surface area contributed by atoms with Crippen molar-refractivity contribution in [1.29, 1.82) is 0 Å². The van der Waals surface area contributed by atoms with Gasteiger partial charge in [-0.25, -0.2) is 4.39 Å². The van der Waals surface area contributed by atoms with Gasteiger partial charge in [-0.05, 0) is 47.9 Å². The van der Waals surface area contributed by atoms with Crippen molar-refractivity contribution in [2.45, 2.75) is 45.7 Å². The molecule has 2 rings (SSSR count). The summed E-state index contributed by atoms with van der Waals surface area (Å²) >= 11 is 0. The number of hydrogen-bond acceptors (Lipinski definition) is 5. The molecule has 6 nitrogen and oxygen atoms in total. The van der Waals surface area contributed by atoms with Crippen LogP contribution in [-0.4, -0.2) is 37.5 Å². The Labute approximate surface area is 129 Å². The van der Waals surface area contributed by atoms with Gasteiger partial charge in [0, 0.05) is 5.54 Å². The van der Waals surface area contributed by atoms with E-state index in [1.54, 1.807) is 12.1 Å². The van der Waals surface area contributed by atoms with Crippen LogP contribution in [-0.2, 0) is 6.54 Å². The molecule has 0 atom stereocenters. The number of benzene rings is 1. The molecule has 2 N–H and O–H groups in total. The van der Waals surface area contributed by atoms with Gasteiger partial charge in [0.25, 0.3) is 0 Å². The van der Waals surface area contributed by atoms with Gasteiger partial charge >= 0.3 is 0 Å². The van der Waals surface area contributed by atoms with Gasteiger partial charge in [0.15, 0.2) is 5.82 Å². The molecule has 2 aromatic rings. The molecule has 0 radical (unpaired) electrons. The molecule has 0 aliphatic carbocycles. The van der Waals surface area contributed by atoms with E-state index in [9.17, 15) is 9.50 Å². The molecule has 7 heteroatoms. The quantitative estimate of drug-likeness (QED) is 0.815. The van der Waals surface area contributed by atoms with Gasteiger partial charge in [0.05, 0.1) is 13.2 Å². The first-order valence-electron chi connectivity index (χ1n) is 7.45. The first-order chi connectivity index (χ1) is 10.5. The van der Waals surface area contributed by atoms with Crippen LogP contribution in [0.25, 0.3) is 5.69 Å². The standard InChI is InChI=1S/C15H22FN5O/c1-4-15(5-2,10-22)17-9-14-18-19-20-21(14)13-8-11(3)6-7-12(13)16/h6-8,17,22H,4-5,9-10H2,1-3H3. The highest BCUT2D eigenvalue weighted by molar-refractivity contribution is 5.36. The van der Waals surface area contributed by atoms with Crippen molar-refractivity contribution < 1.29 is 9.50 Å². The van der Waals surface area contributed by atoms with Crippen LogP contribution in [0.3, 0.4) is 0 Å². The van der Waals surface area contributed by atoms with Crippen LogP contribution in [0.15, 0.2) is 18.2 Å². The van der Waals surface area contributed by atoms with Crippen LogP contribution >= 0.6 is 0 Å². The number of aliphatic hydroxyl groups excluding tert-OH is 1. The summed E-state index contributed by atoms with van der Waals surface area (Å²) < 4.78 is 15.4. The minimum Gasteiger partial charge on any atom is -0.394 e. The maximum Gasteiger partial charge on any atom is 0.170 e. The predicted molar refractivity (Wildman–Crippen MR) is 81.1 cm³/mol. The fourth-order valence-corrected chi connectivity index (χ4v) is 2.33. The second-order valence-electron chi connectivity index (χ2n) is 5.46. The number of aryl methyl sites for hydroxylation is 1. The normalized spacial score (nSPS) is 11.9. The molecule has 0 fully saturated rings. The first kappa shape index (κ1) is 16.5. The lowest BCUT2D eigenvalue weighted by Crippen LogP contribution is -2.47. The number of hydrogen-bond donors (Lipinski definition) is 2. The zero-order chi connectivity index (χ0) is 16.2. The van der Waals surface area contributed by atoms with Crippen molar-refractivity contribution in [1.82, 2.24) is 25.5 Å². The van der Waals surface area contributed by atoms with E-state index in [0.29, 0.717) is 18.1 Å². The van der Waals surface area contributed by atoms with Crippen molar-refractivity contribution in [3.63, 3.8) is 0 Å². The molecule has 120 valence electrons. The Morgan fingerprint density at radius 1 is 1.32 bits per heavy atom. The van der Waals surface area contributed by atoms with Crippen molar-refractivity contribution in [2.75, 3.05) is 6.61 Å². The number of nitrogens with one attached hydrogen (secondary N) is 1. The fraction of sp³-hybridized carbons (Fsp3) is 0.533. The van der Waals surface area contributed by atoms with Crippen molar-refractivity contribution in [2.24, 2.45) is 0 Å². The van der Waals surface area contributed by atoms with Gasteiger partial charge in [-0.15, -0.1) is 5.10 Å². The first-order valence-corrected chi connectivity index (χ1v) is 7.45. The Kier molecular flexibility index (Phi) is 5.20. The third-order valence-corrected chi connectivity index (χ3v) is 4.14. The molecule has 1 aromatic heterocycles. The van der Waals surface area contributed by atoms with Gasteiger partial charge in [-0.2, -0.15) is 4.68 Å². The molecule has 0 saturated carbocycles. The number of tetrazole rings is 1. The second kappa shape index (κ2) is 6.93. The number of aromatic nitrogens is 4. The summed E-state index contributed by atoms with van der Waals surface area (Å²) in [7, 11) is 0. The highest BCUT2D eigenvalue weighted by atomic mass is 19.1. The van der Waals surface area contributed by atoms with Crippen LogP contribution in [0, 0.1) is 12.7 Å². The van der Waals surface area contributed by atoms with Gasteiger partial charge in [-0.3, -0.25) is 0 Å². The molecular weight excluding hydrogens is 285 g/mol. The zero-order valence-corrected chi connectivity index (χ0v) is 13.2. The van der Waals surface area contributed by atoms with E-state index < -0.39 is 0 Å². The van der Waals surface area contributed by atoms with Crippen LogP contribution in [0.4, 0.5) is 4.39 Å². The summed E-state index contributed by atoms with van der Waals surface area (Å²) in [6.45, 7) is 6.28. The van der Waals surface area contributed by atoms with E-state index in [2.05, 4.69) is 20.8 Å². The van der Waals surface area contributed by atoms with Crippen LogP contribution in [0.5, 0.6) is 0 Å². The third kappa shape index (κ3) is 3.31. The average molecular weight is 307 g/mol. The summed E-state index contributed by atoms with van der Waals surface area (Å²) in [5.41, 5.74) is 0.879. The van der Waals surface area contributed by atoms with E-state index in [1.807, 2.05) is 20.8 Å². The minimum atomic E-state index is -0.376. The van der Waals surface area contributed by atoms with E-state index in [0.717, 1.165) is 18.4 Å². The SMILES string of the molecule is CCC(CC)(CO)NCc1nnnn1-c1cc(C)ccc1F. The molecule has 1 heterocycles. The monoisotopic (exact) mass is 307 g/mol. The van der Waals surface area contributed by atoms with Crippen LogP contribution in [0.1, 0.15) is 38.1 Å². The van der Waals surface area contributed by atoms with E-state index in [1.165, 1.54) is 10.7 Å². The third-order valence-electron chi connectivity index (χ3n) is 4.14. The van der Waals surface area contributed by atoms with Crippen molar-refractivity contribution >= 4 is 0 Å². The fourth-order valence-electron chi connectivity index (χ4n) is 2.33. The predicted octanol–water partition coefficient (Wildman–Crippen LogP) is 1.75. The Balaban J connectivity index is 2.25. The summed E-state index contributed by atoms with van der Waals surface area (Å²) in [4.78, 5) is 0. The summed E-state index contributed by atoms with van der Waals surface area (Å²) in [5, 5.41) is 24.4. The molecule has 22 heavy (non-hydrogen) atoms. The van der Waals surface area contributed by atoms with Gasteiger partial charge in [0.1, 0.15) is 11.5 Å². The molecule has 0 spiro atoms. The second-order valence-corrected chi connectivity index (χ2v) is 5.46. The van der Waals surface area contributed by atoms with Gasteiger partial charge < -0.3 is 10.4 Å². The van der Waals surface area contributed by atoms with Crippen molar-refractivity contribution in [3.05, 3.63) is 35.4 Å². The number of aliphatic hydroxyl groups is 1. The minimum absolute atomic E-state index is 0.0281. The van der Waals surface area contributed by atoms with Crippen LogP contribution < -0.4 is 5.32 Å². The summed E-state index contributed by atoms with van der Waals surface area (Å²) in [6.07, 6.45) is 1.56. The number of halogens is 1. The molecule has 0 aliphatic heterocycles. The molecule has 0 unspecified atom stereocenters. The van der Waals surface area contributed by atoms with E-state index in [-0.39, 0.29) is 18.0 Å². The van der Waals surface area contributed by atoms with E-state index in [4.69, 9.17) is 0 Å². The van der Waals surface area contributed by atoms with Gasteiger partial charge in [0.2, 0.25) is 0 Å². The Morgan fingerprint density at radius 3 is 2.68 bits per heavy atom. The van der Waals surface area contributed by atoms with Crippen molar-refractivity contribution in [3.8, 4) is 5.69 Å². The Bertz CT molecular complexity index is 616. The smallest absolute Gasteiger partial charge is 0.170 e. The summed E-state index contributed by atoms with van der Waals surface area (Å²) in [5.74, 6) is 0.128. The van der Waals surface area contributed by atoms with E-state index >= 15 is 0 Å². The number of nitrogens with zero attached hydrogens (tertiary/aromatic N) is 4. The molecule has 0 amide bonds. The maximum atomic E-state index is 14.0. The molecule has 0 bridgehead atoms. The lowest BCUT2D eigenvalue weighted by atomic mass is 9.94. The zero-order valence-electron chi connectivity index (χ0n) is 13.2. The topological polar surface area (TPSA) is 75.9 Å². The highest BCUT2D eigenvalue weighted by Crippen LogP contribution is 2.17. The Morgan fingerprint density at radius 2 is 2.05 bits per heavy atom. The molecule has 1 aromatic carbocycles. The average Bonchev–Trinajstić information content (AvgIpc) is 3.00. The lowest BCUT2D eigenvalue weighted by molar-refractivity contribution is 0.148. The highest BCUT2D eigenvalue weighted by Gasteiger charge is 2.25. The lowest BCUT2D eigenvalue weighted by Gasteiger charge is -2.30. The Hall–Kier alpha value is -1.86.